The second-order valence-corrected chi connectivity index (χ2v) is 4.69. The van der Waals surface area contributed by atoms with Crippen LogP contribution in [0.15, 0.2) is 33.5 Å². The van der Waals surface area contributed by atoms with E-state index in [0.29, 0.717) is 17.0 Å². The van der Waals surface area contributed by atoms with Crippen molar-refractivity contribution in [2.75, 3.05) is 13.1 Å². The van der Waals surface area contributed by atoms with Crippen molar-refractivity contribution < 1.29 is 14.0 Å². The molecule has 2 aromatic rings. The SMILES string of the molecule is CCNC(=O)CNC(=O)c1cc(=O)c2cc(Cl)ccc2o1. The molecule has 0 aliphatic rings. The Hall–Kier alpha value is -2.34. The van der Waals surface area contributed by atoms with Crippen molar-refractivity contribution in [3.05, 3.63) is 45.3 Å². The average molecular weight is 309 g/mol. The molecule has 0 saturated carbocycles. The predicted octanol–water partition coefficient (Wildman–Crippen LogP) is 1.31. The Morgan fingerprint density at radius 1 is 1.24 bits per heavy atom. The number of hydrogen-bond donors (Lipinski definition) is 2. The summed E-state index contributed by atoms with van der Waals surface area (Å²) >= 11 is 5.80. The molecule has 0 aliphatic carbocycles. The van der Waals surface area contributed by atoms with Crippen LogP contribution in [0.1, 0.15) is 17.5 Å². The number of likely N-dealkylation sites (N-methyl/N-ethyl adjacent to an activating group) is 1. The third-order valence-corrected chi connectivity index (χ3v) is 2.93. The normalized spacial score (nSPS) is 10.4. The van der Waals surface area contributed by atoms with Gasteiger partial charge in [0.15, 0.2) is 11.2 Å². The van der Waals surface area contributed by atoms with Crippen LogP contribution in [0, 0.1) is 0 Å². The van der Waals surface area contributed by atoms with Crippen LogP contribution in [0.2, 0.25) is 5.02 Å². The molecule has 110 valence electrons. The lowest BCUT2D eigenvalue weighted by Gasteiger charge is -2.05. The maximum atomic E-state index is 11.9. The van der Waals surface area contributed by atoms with E-state index in [4.69, 9.17) is 16.0 Å². The van der Waals surface area contributed by atoms with Crippen molar-refractivity contribution in [3.63, 3.8) is 0 Å². The van der Waals surface area contributed by atoms with Gasteiger partial charge in [-0.1, -0.05) is 11.6 Å². The highest BCUT2D eigenvalue weighted by atomic mass is 35.5. The highest BCUT2D eigenvalue weighted by Gasteiger charge is 2.13. The second kappa shape index (κ2) is 6.41. The zero-order valence-electron chi connectivity index (χ0n) is 11.2. The molecule has 0 unspecified atom stereocenters. The number of fused-ring (bicyclic) bond motifs is 1. The van der Waals surface area contributed by atoms with Crippen molar-refractivity contribution in [3.8, 4) is 0 Å². The Bertz CT molecular complexity index is 754. The molecule has 21 heavy (non-hydrogen) atoms. The van der Waals surface area contributed by atoms with Gasteiger partial charge in [0.05, 0.1) is 11.9 Å². The third kappa shape index (κ3) is 3.61. The number of halogens is 1. The fraction of sp³-hybridized carbons (Fsp3) is 0.214. The summed E-state index contributed by atoms with van der Waals surface area (Å²) in [5.41, 5.74) is -0.114. The Morgan fingerprint density at radius 3 is 2.71 bits per heavy atom. The van der Waals surface area contributed by atoms with Crippen molar-refractivity contribution in [1.29, 1.82) is 0 Å². The molecule has 7 heteroatoms. The minimum absolute atomic E-state index is 0.154. The van der Waals surface area contributed by atoms with Crippen LogP contribution in [0.5, 0.6) is 0 Å². The van der Waals surface area contributed by atoms with E-state index in [9.17, 15) is 14.4 Å². The lowest BCUT2D eigenvalue weighted by atomic mass is 10.2. The van der Waals surface area contributed by atoms with E-state index in [2.05, 4.69) is 10.6 Å². The fourth-order valence-electron chi connectivity index (χ4n) is 1.75. The molecule has 1 aromatic heterocycles. The van der Waals surface area contributed by atoms with Gasteiger partial charge >= 0.3 is 0 Å². The van der Waals surface area contributed by atoms with Gasteiger partial charge < -0.3 is 15.1 Å². The topological polar surface area (TPSA) is 88.4 Å². The van der Waals surface area contributed by atoms with Crippen LogP contribution >= 0.6 is 11.6 Å². The largest absolute Gasteiger partial charge is 0.451 e. The van der Waals surface area contributed by atoms with Gasteiger partial charge in [0.25, 0.3) is 5.91 Å². The zero-order valence-corrected chi connectivity index (χ0v) is 12.0. The predicted molar refractivity (Wildman–Crippen MR) is 78.5 cm³/mol. The van der Waals surface area contributed by atoms with Gasteiger partial charge in [0.2, 0.25) is 5.91 Å². The van der Waals surface area contributed by atoms with Crippen LogP contribution in [0.4, 0.5) is 0 Å². The summed E-state index contributed by atoms with van der Waals surface area (Å²) in [7, 11) is 0. The van der Waals surface area contributed by atoms with Crippen molar-refractivity contribution in [1.82, 2.24) is 10.6 Å². The fourth-order valence-corrected chi connectivity index (χ4v) is 1.92. The minimum Gasteiger partial charge on any atom is -0.451 e. The molecule has 0 atom stereocenters. The van der Waals surface area contributed by atoms with Crippen molar-refractivity contribution >= 4 is 34.4 Å². The quantitative estimate of drug-likeness (QED) is 0.891. The van der Waals surface area contributed by atoms with E-state index in [-0.39, 0.29) is 29.2 Å². The van der Waals surface area contributed by atoms with E-state index >= 15 is 0 Å². The highest BCUT2D eigenvalue weighted by molar-refractivity contribution is 6.31. The molecular weight excluding hydrogens is 296 g/mol. The van der Waals surface area contributed by atoms with Gasteiger partial charge in [-0.2, -0.15) is 0 Å². The lowest BCUT2D eigenvalue weighted by molar-refractivity contribution is -0.120. The monoisotopic (exact) mass is 308 g/mol. The summed E-state index contributed by atoms with van der Waals surface area (Å²) < 4.78 is 5.35. The summed E-state index contributed by atoms with van der Waals surface area (Å²) in [6, 6.07) is 5.62. The summed E-state index contributed by atoms with van der Waals surface area (Å²) in [5, 5.41) is 5.62. The molecule has 0 saturated heterocycles. The molecule has 0 spiro atoms. The average Bonchev–Trinajstić information content (AvgIpc) is 2.45. The molecule has 1 aromatic carbocycles. The molecule has 0 bridgehead atoms. The van der Waals surface area contributed by atoms with Crippen LogP contribution < -0.4 is 16.1 Å². The number of nitrogens with one attached hydrogen (secondary N) is 2. The van der Waals surface area contributed by atoms with E-state index in [1.54, 1.807) is 13.0 Å². The number of benzene rings is 1. The molecule has 0 fully saturated rings. The zero-order chi connectivity index (χ0) is 15.4. The van der Waals surface area contributed by atoms with Crippen LogP contribution in [-0.2, 0) is 4.79 Å². The van der Waals surface area contributed by atoms with E-state index in [0.717, 1.165) is 6.07 Å². The number of hydrogen-bond acceptors (Lipinski definition) is 4. The van der Waals surface area contributed by atoms with E-state index < -0.39 is 5.91 Å². The first-order valence-corrected chi connectivity index (χ1v) is 6.67. The molecule has 2 amide bonds. The molecule has 2 rings (SSSR count). The molecule has 2 N–H and O–H groups in total. The minimum atomic E-state index is -0.629. The smallest absolute Gasteiger partial charge is 0.287 e. The maximum absolute atomic E-state index is 11.9. The van der Waals surface area contributed by atoms with Crippen molar-refractivity contribution in [2.24, 2.45) is 0 Å². The van der Waals surface area contributed by atoms with Gasteiger partial charge in [0, 0.05) is 17.6 Å². The molecule has 0 radical (unpaired) electrons. The lowest BCUT2D eigenvalue weighted by Crippen LogP contribution is -2.36. The van der Waals surface area contributed by atoms with E-state index in [1.807, 2.05) is 0 Å². The van der Waals surface area contributed by atoms with Gasteiger partial charge in [-0.3, -0.25) is 14.4 Å². The Kier molecular flexibility index (Phi) is 4.59. The first-order valence-electron chi connectivity index (χ1n) is 6.29. The first-order chi connectivity index (χ1) is 10.0. The van der Waals surface area contributed by atoms with Gasteiger partial charge in [-0.05, 0) is 25.1 Å². The summed E-state index contributed by atoms with van der Waals surface area (Å²) in [5.74, 6) is -1.10. The summed E-state index contributed by atoms with van der Waals surface area (Å²) in [4.78, 5) is 35.0. The van der Waals surface area contributed by atoms with Crippen LogP contribution in [-0.4, -0.2) is 24.9 Å². The number of rotatable bonds is 4. The third-order valence-electron chi connectivity index (χ3n) is 2.70. The Labute approximate surface area is 125 Å². The highest BCUT2D eigenvalue weighted by Crippen LogP contribution is 2.17. The molecule has 6 nitrogen and oxygen atoms in total. The van der Waals surface area contributed by atoms with Crippen molar-refractivity contribution in [2.45, 2.75) is 6.92 Å². The van der Waals surface area contributed by atoms with Crippen LogP contribution in [0.25, 0.3) is 11.0 Å². The summed E-state index contributed by atoms with van der Waals surface area (Å²) in [6.07, 6.45) is 0. The van der Waals surface area contributed by atoms with Gasteiger partial charge in [0.1, 0.15) is 5.58 Å². The standard InChI is InChI=1S/C14H13ClN2O4/c1-2-16-13(19)7-17-14(20)12-6-10(18)9-5-8(15)3-4-11(9)21-12/h3-6H,2,7H2,1H3,(H,16,19)(H,17,20). The molecule has 0 aliphatic heterocycles. The second-order valence-electron chi connectivity index (χ2n) is 4.25. The summed E-state index contributed by atoms with van der Waals surface area (Å²) in [6.45, 7) is 2.06. The Balaban J connectivity index is 2.22. The Morgan fingerprint density at radius 2 is 2.00 bits per heavy atom. The molecular formula is C14H13ClN2O4. The number of carbonyl (C=O) groups excluding carboxylic acids is 2. The number of carbonyl (C=O) groups is 2. The van der Waals surface area contributed by atoms with Gasteiger partial charge in [-0.25, -0.2) is 0 Å². The first kappa shape index (κ1) is 15.1. The van der Waals surface area contributed by atoms with Crippen LogP contribution in [0.3, 0.4) is 0 Å². The van der Waals surface area contributed by atoms with E-state index in [1.165, 1.54) is 12.1 Å². The number of amides is 2. The van der Waals surface area contributed by atoms with Gasteiger partial charge in [-0.15, -0.1) is 0 Å². The molecule has 1 heterocycles. The maximum Gasteiger partial charge on any atom is 0.287 e.